The monoisotopic (exact) mass is 244 g/mol. The number of amides is 1. The minimum atomic E-state index is -0.569. The summed E-state index contributed by atoms with van der Waals surface area (Å²) in [6, 6.07) is 7.30. The van der Waals surface area contributed by atoms with Crippen LogP contribution in [0.1, 0.15) is 6.92 Å². The topological polar surface area (TPSA) is 88.7 Å². The van der Waals surface area contributed by atoms with Gasteiger partial charge in [-0.1, -0.05) is 0 Å². The molecule has 1 aromatic rings. The van der Waals surface area contributed by atoms with E-state index in [1.54, 1.807) is 12.1 Å². The van der Waals surface area contributed by atoms with Crippen molar-refractivity contribution >= 4 is 17.3 Å². The Balaban J connectivity index is 2.93. The highest BCUT2D eigenvalue weighted by Gasteiger charge is 2.04. The summed E-state index contributed by atoms with van der Waals surface area (Å²) < 4.78 is 13.3. The molecule has 0 heterocycles. The van der Waals surface area contributed by atoms with Gasteiger partial charge in [0.15, 0.2) is 0 Å². The van der Waals surface area contributed by atoms with Gasteiger partial charge < -0.3 is 10.6 Å². The maximum atomic E-state index is 13.3. The molecule has 5 nitrogen and oxygen atoms in total. The molecule has 0 aliphatic carbocycles. The van der Waals surface area contributed by atoms with Gasteiger partial charge >= 0.3 is 0 Å². The molecule has 0 spiro atoms. The number of nitrogens with one attached hydrogen (secondary N) is 2. The maximum absolute atomic E-state index is 13.3. The van der Waals surface area contributed by atoms with E-state index in [0.717, 1.165) is 0 Å². The first-order chi connectivity index (χ1) is 8.56. The Bertz CT molecular complexity index is 565. The number of anilines is 2. The summed E-state index contributed by atoms with van der Waals surface area (Å²) in [7, 11) is 0. The van der Waals surface area contributed by atoms with Gasteiger partial charge in [-0.05, 0) is 18.2 Å². The zero-order chi connectivity index (χ0) is 13.5. The summed E-state index contributed by atoms with van der Waals surface area (Å²) in [6.07, 6.45) is 1.20. The van der Waals surface area contributed by atoms with Crippen LogP contribution in [0, 0.1) is 28.5 Å². The highest BCUT2D eigenvalue weighted by Crippen LogP contribution is 2.19. The van der Waals surface area contributed by atoms with Crippen LogP contribution in [0.5, 0.6) is 0 Å². The van der Waals surface area contributed by atoms with Crippen molar-refractivity contribution < 1.29 is 9.18 Å². The number of nitrogens with zero attached hydrogens (tertiary/aromatic N) is 2. The molecular weight excluding hydrogens is 235 g/mol. The van der Waals surface area contributed by atoms with E-state index in [1.165, 1.54) is 31.3 Å². The molecule has 0 unspecified atom stereocenters. The molecule has 2 N–H and O–H groups in total. The minimum Gasteiger partial charge on any atom is -0.360 e. The van der Waals surface area contributed by atoms with E-state index < -0.39 is 11.7 Å². The number of halogens is 1. The Hall–Kier alpha value is -2.86. The molecule has 0 aromatic heterocycles. The minimum absolute atomic E-state index is 0.0244. The summed E-state index contributed by atoms with van der Waals surface area (Å²) in [6.45, 7) is 1.27. The molecule has 0 atom stereocenters. The molecule has 0 radical (unpaired) electrons. The molecule has 0 fully saturated rings. The zero-order valence-corrected chi connectivity index (χ0v) is 9.49. The largest absolute Gasteiger partial charge is 0.360 e. The van der Waals surface area contributed by atoms with Gasteiger partial charge in [0.2, 0.25) is 5.91 Å². The molecule has 0 aliphatic heterocycles. The van der Waals surface area contributed by atoms with Gasteiger partial charge in [-0.3, -0.25) is 4.79 Å². The molecule has 0 bridgehead atoms. The van der Waals surface area contributed by atoms with Crippen molar-refractivity contribution in [2.45, 2.75) is 6.92 Å². The fourth-order valence-corrected chi connectivity index (χ4v) is 1.15. The van der Waals surface area contributed by atoms with Crippen LogP contribution in [0.4, 0.5) is 15.8 Å². The number of rotatable bonds is 3. The second-order valence-corrected chi connectivity index (χ2v) is 3.30. The first kappa shape index (κ1) is 13.2. The maximum Gasteiger partial charge on any atom is 0.221 e. The van der Waals surface area contributed by atoms with Crippen molar-refractivity contribution in [3.8, 4) is 12.1 Å². The summed E-state index contributed by atoms with van der Waals surface area (Å²) in [5.74, 6) is -0.961. The third kappa shape index (κ3) is 3.62. The molecule has 1 amide bonds. The molecule has 0 saturated carbocycles. The highest BCUT2D eigenvalue weighted by atomic mass is 19.1. The molecule has 1 aromatic carbocycles. The average molecular weight is 244 g/mol. The molecular formula is C12H9FN4O. The third-order valence-electron chi connectivity index (χ3n) is 1.90. The lowest BCUT2D eigenvalue weighted by atomic mass is 10.2. The third-order valence-corrected chi connectivity index (χ3v) is 1.90. The van der Waals surface area contributed by atoms with Crippen LogP contribution in [0.2, 0.25) is 0 Å². The number of nitriles is 2. The van der Waals surface area contributed by atoms with Gasteiger partial charge in [0.1, 0.15) is 23.5 Å². The van der Waals surface area contributed by atoms with E-state index in [-0.39, 0.29) is 11.3 Å². The summed E-state index contributed by atoms with van der Waals surface area (Å²) in [5, 5.41) is 22.0. The van der Waals surface area contributed by atoms with Crippen LogP contribution in [-0.4, -0.2) is 5.91 Å². The van der Waals surface area contributed by atoms with Crippen LogP contribution in [0.15, 0.2) is 30.0 Å². The van der Waals surface area contributed by atoms with Crippen LogP contribution in [0.3, 0.4) is 0 Å². The number of allylic oxidation sites excluding steroid dienone is 1. The lowest BCUT2D eigenvalue weighted by molar-refractivity contribution is -0.114. The van der Waals surface area contributed by atoms with E-state index in [0.29, 0.717) is 5.69 Å². The van der Waals surface area contributed by atoms with Crippen LogP contribution < -0.4 is 10.6 Å². The second-order valence-electron chi connectivity index (χ2n) is 3.30. The fourth-order valence-electron chi connectivity index (χ4n) is 1.15. The summed E-state index contributed by atoms with van der Waals surface area (Å²) in [5.41, 5.74) is 0.361. The number of benzene rings is 1. The van der Waals surface area contributed by atoms with Gasteiger partial charge in [0.05, 0.1) is 5.69 Å². The lowest BCUT2D eigenvalue weighted by Gasteiger charge is -2.06. The van der Waals surface area contributed by atoms with E-state index in [1.807, 2.05) is 0 Å². The predicted molar refractivity (Wildman–Crippen MR) is 63.6 cm³/mol. The normalized spacial score (nSPS) is 8.67. The Kier molecular flexibility index (Phi) is 4.42. The Labute approximate surface area is 103 Å². The van der Waals surface area contributed by atoms with Crippen molar-refractivity contribution in [1.82, 2.24) is 0 Å². The molecule has 18 heavy (non-hydrogen) atoms. The van der Waals surface area contributed by atoms with Crippen molar-refractivity contribution in [2.24, 2.45) is 0 Å². The zero-order valence-electron chi connectivity index (χ0n) is 9.49. The summed E-state index contributed by atoms with van der Waals surface area (Å²) in [4.78, 5) is 10.8. The van der Waals surface area contributed by atoms with Crippen molar-refractivity contribution in [3.63, 3.8) is 0 Å². The number of hydrogen-bond acceptors (Lipinski definition) is 4. The summed E-state index contributed by atoms with van der Waals surface area (Å²) >= 11 is 0. The van der Waals surface area contributed by atoms with Crippen LogP contribution >= 0.6 is 0 Å². The van der Waals surface area contributed by atoms with Gasteiger partial charge in [0.25, 0.3) is 0 Å². The van der Waals surface area contributed by atoms with E-state index in [2.05, 4.69) is 10.6 Å². The molecule has 1 rings (SSSR count). The van der Waals surface area contributed by atoms with Gasteiger partial charge in [-0.25, -0.2) is 4.39 Å². The van der Waals surface area contributed by atoms with E-state index in [4.69, 9.17) is 10.5 Å². The number of carbonyl (C=O) groups excluding carboxylic acids is 1. The van der Waals surface area contributed by atoms with Crippen LogP contribution in [-0.2, 0) is 4.79 Å². The number of carbonyl (C=O) groups is 1. The van der Waals surface area contributed by atoms with Crippen molar-refractivity contribution in [3.05, 3.63) is 35.8 Å². The second kappa shape index (κ2) is 6.02. The van der Waals surface area contributed by atoms with Gasteiger partial charge in [-0.15, -0.1) is 0 Å². The SMILES string of the molecule is CC(=O)Nc1cc(NC=C(C#N)C#N)ccc1F. The number of hydrogen-bond donors (Lipinski definition) is 2. The Morgan fingerprint density at radius 1 is 1.39 bits per heavy atom. The van der Waals surface area contributed by atoms with Gasteiger partial charge in [-0.2, -0.15) is 10.5 Å². The quantitative estimate of drug-likeness (QED) is 0.797. The standard InChI is InChI=1S/C12H9FN4O/c1-8(18)17-12-4-10(2-3-11(12)13)16-7-9(5-14)6-15/h2-4,7,16H,1H3,(H,17,18). The van der Waals surface area contributed by atoms with Crippen LogP contribution in [0.25, 0.3) is 0 Å². The molecule has 6 heteroatoms. The first-order valence-corrected chi connectivity index (χ1v) is 4.91. The fraction of sp³-hybridized carbons (Fsp3) is 0.0833. The Morgan fingerprint density at radius 2 is 2.06 bits per heavy atom. The predicted octanol–water partition coefficient (Wildman–Crippen LogP) is 2.13. The molecule has 90 valence electrons. The first-order valence-electron chi connectivity index (χ1n) is 4.91. The lowest BCUT2D eigenvalue weighted by Crippen LogP contribution is -2.07. The Morgan fingerprint density at radius 3 is 2.61 bits per heavy atom. The van der Waals surface area contributed by atoms with E-state index >= 15 is 0 Å². The smallest absolute Gasteiger partial charge is 0.221 e. The van der Waals surface area contributed by atoms with E-state index in [9.17, 15) is 9.18 Å². The van der Waals surface area contributed by atoms with Crippen molar-refractivity contribution in [1.29, 1.82) is 10.5 Å². The average Bonchev–Trinajstić information content (AvgIpc) is 2.33. The highest BCUT2D eigenvalue weighted by molar-refractivity contribution is 5.89. The molecule has 0 aliphatic rings. The van der Waals surface area contributed by atoms with Gasteiger partial charge in [0, 0.05) is 18.8 Å². The van der Waals surface area contributed by atoms with Crippen molar-refractivity contribution in [2.75, 3.05) is 10.6 Å². The molecule has 0 saturated heterocycles.